The summed E-state index contributed by atoms with van der Waals surface area (Å²) in [4.78, 5) is 12.7. The molecule has 96 valence electrons. The Morgan fingerprint density at radius 1 is 1.41 bits per heavy atom. The molecule has 0 bridgehead atoms. The fourth-order valence-corrected chi connectivity index (χ4v) is 2.64. The van der Waals surface area contributed by atoms with Crippen LogP contribution in [0.25, 0.3) is 0 Å². The van der Waals surface area contributed by atoms with Gasteiger partial charge in [0.1, 0.15) is 6.04 Å². The Bertz CT molecular complexity index is 378. The lowest BCUT2D eigenvalue weighted by molar-refractivity contribution is -0.144. The first-order valence-corrected chi connectivity index (χ1v) is 6.74. The molecule has 2 atom stereocenters. The largest absolute Gasteiger partial charge is 0.468 e. The molecule has 0 fully saturated rings. The molecule has 0 radical (unpaired) electrons. The van der Waals surface area contributed by atoms with Gasteiger partial charge < -0.3 is 4.74 Å². The van der Waals surface area contributed by atoms with E-state index in [0.717, 1.165) is 9.21 Å². The summed E-state index contributed by atoms with van der Waals surface area (Å²) >= 11 is 7.41. The van der Waals surface area contributed by atoms with Crippen LogP contribution >= 0.6 is 22.9 Å². The number of thiophene rings is 1. The minimum absolute atomic E-state index is 0.0824. The molecule has 5 heteroatoms. The predicted molar refractivity (Wildman–Crippen MR) is 71.5 cm³/mol. The van der Waals surface area contributed by atoms with Crippen molar-refractivity contribution >= 4 is 28.9 Å². The molecule has 0 aliphatic heterocycles. The van der Waals surface area contributed by atoms with Gasteiger partial charge in [0, 0.05) is 10.9 Å². The number of esters is 1. The van der Waals surface area contributed by atoms with Gasteiger partial charge >= 0.3 is 5.97 Å². The van der Waals surface area contributed by atoms with Gasteiger partial charge in [-0.1, -0.05) is 25.4 Å². The molecule has 0 saturated carbocycles. The number of hydrogen-bond acceptors (Lipinski definition) is 4. The van der Waals surface area contributed by atoms with E-state index in [2.05, 4.69) is 5.32 Å². The number of carbonyl (C=O) groups excluding carboxylic acids is 1. The first-order valence-electron chi connectivity index (χ1n) is 5.54. The third kappa shape index (κ3) is 3.98. The molecule has 3 nitrogen and oxygen atoms in total. The van der Waals surface area contributed by atoms with Crippen molar-refractivity contribution in [3.05, 3.63) is 21.3 Å². The molecule has 0 aromatic carbocycles. The number of rotatable bonds is 5. The lowest BCUT2D eigenvalue weighted by Crippen LogP contribution is -2.42. The maximum atomic E-state index is 11.6. The van der Waals surface area contributed by atoms with Crippen LogP contribution in [0.15, 0.2) is 12.1 Å². The summed E-state index contributed by atoms with van der Waals surface area (Å²) in [5.41, 5.74) is 0. The van der Waals surface area contributed by atoms with Crippen molar-refractivity contribution in [2.24, 2.45) is 5.92 Å². The summed E-state index contributed by atoms with van der Waals surface area (Å²) in [6.07, 6.45) is 0. The van der Waals surface area contributed by atoms with Crippen LogP contribution in [0.2, 0.25) is 4.34 Å². The number of ether oxygens (including phenoxy) is 1. The third-order valence-corrected chi connectivity index (χ3v) is 3.99. The number of halogens is 1. The van der Waals surface area contributed by atoms with Gasteiger partial charge in [-0.05, 0) is 25.0 Å². The van der Waals surface area contributed by atoms with E-state index in [1.165, 1.54) is 18.4 Å². The highest BCUT2D eigenvalue weighted by Gasteiger charge is 2.25. The molecular formula is C12H18ClNO2S. The van der Waals surface area contributed by atoms with Crippen LogP contribution < -0.4 is 5.32 Å². The fourth-order valence-electron chi connectivity index (χ4n) is 1.57. The molecule has 1 heterocycles. The van der Waals surface area contributed by atoms with E-state index < -0.39 is 0 Å². The average molecular weight is 276 g/mol. The molecule has 0 saturated heterocycles. The van der Waals surface area contributed by atoms with Crippen molar-refractivity contribution in [1.82, 2.24) is 5.32 Å². The molecule has 0 amide bonds. The minimum atomic E-state index is -0.295. The Hall–Kier alpha value is -0.580. The third-order valence-electron chi connectivity index (χ3n) is 2.57. The Morgan fingerprint density at radius 2 is 2.06 bits per heavy atom. The van der Waals surface area contributed by atoms with Crippen molar-refractivity contribution in [2.45, 2.75) is 32.9 Å². The lowest BCUT2D eigenvalue weighted by atomic mass is 10.0. The highest BCUT2D eigenvalue weighted by atomic mass is 35.5. The van der Waals surface area contributed by atoms with Gasteiger partial charge in [0.2, 0.25) is 0 Å². The number of carbonyl (C=O) groups is 1. The first kappa shape index (κ1) is 14.5. The quantitative estimate of drug-likeness (QED) is 0.839. The van der Waals surface area contributed by atoms with Crippen molar-refractivity contribution in [3.8, 4) is 0 Å². The SMILES string of the molecule is COC(=O)[C@H](NC(C)c1ccc(Cl)s1)C(C)C. The number of hydrogen-bond donors (Lipinski definition) is 1. The van der Waals surface area contributed by atoms with Crippen molar-refractivity contribution < 1.29 is 9.53 Å². The summed E-state index contributed by atoms with van der Waals surface area (Å²) in [5.74, 6) is -0.0464. The molecule has 0 spiro atoms. The molecule has 17 heavy (non-hydrogen) atoms. The molecule has 1 rings (SSSR count). The summed E-state index contributed by atoms with van der Waals surface area (Å²) in [6, 6.07) is 3.62. The Kier molecular flexibility index (Phi) is 5.43. The maximum Gasteiger partial charge on any atom is 0.323 e. The Labute approximate surface area is 111 Å². The smallest absolute Gasteiger partial charge is 0.323 e. The van der Waals surface area contributed by atoms with Gasteiger partial charge in [0.15, 0.2) is 0 Å². The van der Waals surface area contributed by atoms with E-state index in [1.54, 1.807) is 0 Å². The zero-order valence-electron chi connectivity index (χ0n) is 10.5. The Morgan fingerprint density at radius 3 is 2.47 bits per heavy atom. The molecule has 0 aliphatic carbocycles. The van der Waals surface area contributed by atoms with E-state index in [1.807, 2.05) is 32.9 Å². The van der Waals surface area contributed by atoms with E-state index in [0.29, 0.717) is 0 Å². The Balaban J connectivity index is 2.70. The topological polar surface area (TPSA) is 38.3 Å². The number of methoxy groups -OCH3 is 1. The van der Waals surface area contributed by atoms with Crippen LogP contribution in [0.1, 0.15) is 31.7 Å². The second-order valence-corrected chi connectivity index (χ2v) is 6.02. The summed E-state index contributed by atoms with van der Waals surface area (Å²) in [7, 11) is 1.41. The first-order chi connectivity index (χ1) is 7.95. The van der Waals surface area contributed by atoms with Gasteiger partial charge in [0.05, 0.1) is 11.4 Å². The standard InChI is InChI=1S/C12H18ClNO2S/c1-7(2)11(12(15)16-4)14-8(3)9-5-6-10(13)17-9/h5-8,11,14H,1-4H3/t8?,11-/m1/s1. The zero-order valence-corrected chi connectivity index (χ0v) is 12.1. The van der Waals surface area contributed by atoms with Crippen molar-refractivity contribution in [2.75, 3.05) is 7.11 Å². The molecular weight excluding hydrogens is 258 g/mol. The summed E-state index contributed by atoms with van der Waals surface area (Å²) in [5, 5.41) is 3.27. The van der Waals surface area contributed by atoms with Gasteiger partial charge in [-0.15, -0.1) is 11.3 Å². The molecule has 1 aromatic heterocycles. The van der Waals surface area contributed by atoms with Crippen molar-refractivity contribution in [3.63, 3.8) is 0 Å². The molecule has 1 N–H and O–H groups in total. The molecule has 0 aliphatic rings. The van der Waals surface area contributed by atoms with Crippen molar-refractivity contribution in [1.29, 1.82) is 0 Å². The van der Waals surface area contributed by atoms with Crippen LogP contribution in [-0.2, 0) is 9.53 Å². The highest BCUT2D eigenvalue weighted by molar-refractivity contribution is 7.16. The molecule has 1 unspecified atom stereocenters. The van der Waals surface area contributed by atoms with Gasteiger partial charge in [-0.25, -0.2) is 0 Å². The zero-order chi connectivity index (χ0) is 13.0. The van der Waals surface area contributed by atoms with E-state index >= 15 is 0 Å². The van der Waals surface area contributed by atoms with E-state index in [4.69, 9.17) is 16.3 Å². The second kappa shape index (κ2) is 6.38. The van der Waals surface area contributed by atoms with Crippen LogP contribution in [0, 0.1) is 5.92 Å². The van der Waals surface area contributed by atoms with Crippen LogP contribution in [-0.4, -0.2) is 19.1 Å². The number of nitrogens with one attached hydrogen (secondary N) is 1. The van der Waals surface area contributed by atoms with Crippen LogP contribution in [0.4, 0.5) is 0 Å². The summed E-state index contributed by atoms with van der Waals surface area (Å²) in [6.45, 7) is 5.99. The van der Waals surface area contributed by atoms with Gasteiger partial charge in [-0.3, -0.25) is 10.1 Å². The van der Waals surface area contributed by atoms with Gasteiger partial charge in [-0.2, -0.15) is 0 Å². The van der Waals surface area contributed by atoms with Gasteiger partial charge in [0.25, 0.3) is 0 Å². The lowest BCUT2D eigenvalue weighted by Gasteiger charge is -2.23. The van der Waals surface area contributed by atoms with E-state index in [-0.39, 0.29) is 24.0 Å². The normalized spacial score (nSPS) is 14.7. The van der Waals surface area contributed by atoms with Crippen LogP contribution in [0.3, 0.4) is 0 Å². The monoisotopic (exact) mass is 275 g/mol. The average Bonchev–Trinajstić information content (AvgIpc) is 2.71. The summed E-state index contributed by atoms with van der Waals surface area (Å²) < 4.78 is 5.55. The highest BCUT2D eigenvalue weighted by Crippen LogP contribution is 2.27. The fraction of sp³-hybridized carbons (Fsp3) is 0.583. The second-order valence-electron chi connectivity index (χ2n) is 4.28. The molecule has 1 aromatic rings. The predicted octanol–water partition coefficient (Wildman–Crippen LogP) is 3.25. The van der Waals surface area contributed by atoms with E-state index in [9.17, 15) is 4.79 Å². The van der Waals surface area contributed by atoms with Crippen LogP contribution in [0.5, 0.6) is 0 Å². The maximum absolute atomic E-state index is 11.6. The minimum Gasteiger partial charge on any atom is -0.468 e.